The van der Waals surface area contributed by atoms with Gasteiger partial charge in [0.2, 0.25) is 0 Å². The fraction of sp³-hybridized carbons (Fsp3) is 0.667. The van der Waals surface area contributed by atoms with Gasteiger partial charge in [-0.2, -0.15) is 0 Å². The van der Waals surface area contributed by atoms with Gasteiger partial charge in [0, 0.05) is 42.4 Å². The largest absolute Gasteiger partial charge is 0.465 e. The van der Waals surface area contributed by atoms with Crippen molar-refractivity contribution < 1.29 is 14.3 Å². The quantitative estimate of drug-likeness (QED) is 0.564. The Balaban J connectivity index is 2.14. The van der Waals surface area contributed by atoms with E-state index >= 15 is 0 Å². The molecule has 5 nitrogen and oxygen atoms in total. The summed E-state index contributed by atoms with van der Waals surface area (Å²) in [6.45, 7) is 6.89. The SMILES string of the molecule is CCN(c1cc(Br)cc(C(=O)OC)c1C)C1CCC(N(C)CCOC)CC1. The molecular formula is C21H33BrN2O3. The van der Waals surface area contributed by atoms with Crippen LogP contribution >= 0.6 is 15.9 Å². The van der Waals surface area contributed by atoms with E-state index in [1.54, 1.807) is 7.11 Å². The van der Waals surface area contributed by atoms with Gasteiger partial charge >= 0.3 is 5.97 Å². The molecular weight excluding hydrogens is 408 g/mol. The van der Waals surface area contributed by atoms with Crippen molar-refractivity contribution in [2.24, 2.45) is 0 Å². The van der Waals surface area contributed by atoms with Gasteiger partial charge in [-0.1, -0.05) is 15.9 Å². The minimum Gasteiger partial charge on any atom is -0.465 e. The number of ether oxygens (including phenoxy) is 2. The van der Waals surface area contributed by atoms with Gasteiger partial charge in [-0.25, -0.2) is 4.79 Å². The van der Waals surface area contributed by atoms with E-state index in [4.69, 9.17) is 9.47 Å². The summed E-state index contributed by atoms with van der Waals surface area (Å²) in [6, 6.07) is 5.10. The number of carbonyl (C=O) groups is 1. The number of esters is 1. The summed E-state index contributed by atoms with van der Waals surface area (Å²) >= 11 is 3.57. The van der Waals surface area contributed by atoms with Crippen molar-refractivity contribution in [1.82, 2.24) is 4.90 Å². The van der Waals surface area contributed by atoms with Crippen LogP contribution in [-0.2, 0) is 9.47 Å². The number of hydrogen-bond acceptors (Lipinski definition) is 5. The molecule has 0 bridgehead atoms. The van der Waals surface area contributed by atoms with Crippen molar-refractivity contribution in [2.75, 3.05) is 45.9 Å². The van der Waals surface area contributed by atoms with Crippen LogP contribution in [0.5, 0.6) is 0 Å². The molecule has 1 aliphatic rings. The molecule has 0 aliphatic heterocycles. The summed E-state index contributed by atoms with van der Waals surface area (Å²) < 4.78 is 11.1. The highest BCUT2D eigenvalue weighted by molar-refractivity contribution is 9.10. The average molecular weight is 441 g/mol. The number of methoxy groups -OCH3 is 2. The summed E-state index contributed by atoms with van der Waals surface area (Å²) in [4.78, 5) is 17.0. The van der Waals surface area contributed by atoms with Gasteiger partial charge in [0.25, 0.3) is 0 Å². The number of likely N-dealkylation sites (N-methyl/N-ethyl adjacent to an activating group) is 1. The van der Waals surface area contributed by atoms with E-state index in [1.807, 2.05) is 13.0 Å². The van der Waals surface area contributed by atoms with Crippen LogP contribution in [0.4, 0.5) is 5.69 Å². The Morgan fingerprint density at radius 2 is 1.81 bits per heavy atom. The molecule has 1 aliphatic carbocycles. The number of nitrogens with zero attached hydrogens (tertiary/aromatic N) is 2. The molecule has 0 aromatic heterocycles. The number of halogens is 1. The van der Waals surface area contributed by atoms with Crippen molar-refractivity contribution in [2.45, 2.75) is 51.6 Å². The zero-order valence-corrected chi connectivity index (χ0v) is 18.8. The second-order valence-corrected chi connectivity index (χ2v) is 8.23. The second-order valence-electron chi connectivity index (χ2n) is 7.31. The van der Waals surface area contributed by atoms with E-state index in [0.29, 0.717) is 17.6 Å². The van der Waals surface area contributed by atoms with Gasteiger partial charge in [0.05, 0.1) is 19.3 Å². The normalized spacial score (nSPS) is 20.0. The third-order valence-corrected chi connectivity index (χ3v) is 6.24. The molecule has 0 N–H and O–H groups in total. The summed E-state index contributed by atoms with van der Waals surface area (Å²) in [7, 11) is 5.39. The van der Waals surface area contributed by atoms with Crippen LogP contribution < -0.4 is 4.90 Å². The van der Waals surface area contributed by atoms with E-state index in [2.05, 4.69) is 45.8 Å². The first-order valence-electron chi connectivity index (χ1n) is 9.77. The standard InChI is InChI=1S/C21H33BrN2O3/c1-6-24(18-9-7-17(8-10-18)23(3)11-12-26-4)20-14-16(22)13-19(15(20)2)21(25)27-5/h13-14,17-18H,6-12H2,1-5H3. The summed E-state index contributed by atoms with van der Waals surface area (Å²) in [5.74, 6) is -0.283. The number of rotatable bonds is 8. The highest BCUT2D eigenvalue weighted by Gasteiger charge is 2.29. The zero-order valence-electron chi connectivity index (χ0n) is 17.3. The zero-order chi connectivity index (χ0) is 20.0. The fourth-order valence-corrected chi connectivity index (χ4v) is 4.58. The Morgan fingerprint density at radius 3 is 2.37 bits per heavy atom. The lowest BCUT2D eigenvalue weighted by molar-refractivity contribution is 0.0600. The summed E-state index contributed by atoms with van der Waals surface area (Å²) in [6.07, 6.45) is 4.71. The van der Waals surface area contributed by atoms with Gasteiger partial charge in [-0.15, -0.1) is 0 Å². The lowest BCUT2D eigenvalue weighted by Crippen LogP contribution is -2.44. The van der Waals surface area contributed by atoms with Crippen molar-refractivity contribution >= 4 is 27.6 Å². The molecule has 0 heterocycles. The third-order valence-electron chi connectivity index (χ3n) is 5.78. The van der Waals surface area contributed by atoms with Crippen LogP contribution in [0.25, 0.3) is 0 Å². The number of carbonyl (C=O) groups excluding carboxylic acids is 1. The molecule has 1 aromatic rings. The van der Waals surface area contributed by atoms with Gasteiger partial charge in [0.15, 0.2) is 0 Å². The van der Waals surface area contributed by atoms with Crippen molar-refractivity contribution in [1.29, 1.82) is 0 Å². The first kappa shape index (κ1) is 22.2. The maximum absolute atomic E-state index is 12.2. The van der Waals surface area contributed by atoms with Crippen LogP contribution in [0.3, 0.4) is 0 Å². The predicted molar refractivity (Wildman–Crippen MR) is 114 cm³/mol. The topological polar surface area (TPSA) is 42.0 Å². The highest BCUT2D eigenvalue weighted by Crippen LogP contribution is 2.34. The van der Waals surface area contributed by atoms with Gasteiger partial charge in [0.1, 0.15) is 0 Å². The number of benzene rings is 1. The monoisotopic (exact) mass is 440 g/mol. The molecule has 0 saturated heterocycles. The van der Waals surface area contributed by atoms with Crippen LogP contribution in [0.2, 0.25) is 0 Å². The minimum atomic E-state index is -0.283. The maximum Gasteiger partial charge on any atom is 0.338 e. The molecule has 0 radical (unpaired) electrons. The van der Waals surface area contributed by atoms with E-state index in [-0.39, 0.29) is 5.97 Å². The first-order valence-corrected chi connectivity index (χ1v) is 10.6. The molecule has 0 unspecified atom stereocenters. The van der Waals surface area contributed by atoms with Gasteiger partial charge in [-0.3, -0.25) is 0 Å². The summed E-state index contributed by atoms with van der Waals surface area (Å²) in [5, 5.41) is 0. The van der Waals surface area contributed by atoms with Gasteiger partial charge < -0.3 is 19.3 Å². The molecule has 1 saturated carbocycles. The van der Waals surface area contributed by atoms with E-state index < -0.39 is 0 Å². The molecule has 0 atom stereocenters. The van der Waals surface area contributed by atoms with Crippen LogP contribution in [-0.4, -0.2) is 63.9 Å². The Labute approximate surface area is 172 Å². The molecule has 6 heteroatoms. The predicted octanol–water partition coefficient (Wildman–Crippen LogP) is 4.26. The lowest BCUT2D eigenvalue weighted by Gasteiger charge is -2.41. The van der Waals surface area contributed by atoms with E-state index in [1.165, 1.54) is 20.0 Å². The number of anilines is 1. The van der Waals surface area contributed by atoms with E-state index in [9.17, 15) is 4.79 Å². The van der Waals surface area contributed by atoms with Crippen LogP contribution in [0.15, 0.2) is 16.6 Å². The molecule has 0 spiro atoms. The van der Waals surface area contributed by atoms with Crippen molar-refractivity contribution in [3.05, 3.63) is 27.7 Å². The molecule has 27 heavy (non-hydrogen) atoms. The molecule has 1 aromatic carbocycles. The fourth-order valence-electron chi connectivity index (χ4n) is 4.14. The Kier molecular flexibility index (Phi) is 8.58. The highest BCUT2D eigenvalue weighted by atomic mass is 79.9. The maximum atomic E-state index is 12.2. The van der Waals surface area contributed by atoms with Crippen molar-refractivity contribution in [3.8, 4) is 0 Å². The Morgan fingerprint density at radius 1 is 1.19 bits per heavy atom. The van der Waals surface area contributed by atoms with Crippen molar-refractivity contribution in [3.63, 3.8) is 0 Å². The molecule has 2 rings (SSSR count). The average Bonchev–Trinajstić information content (AvgIpc) is 2.68. The van der Waals surface area contributed by atoms with Crippen LogP contribution in [0.1, 0.15) is 48.5 Å². The smallest absolute Gasteiger partial charge is 0.338 e. The minimum absolute atomic E-state index is 0.283. The molecule has 1 fully saturated rings. The van der Waals surface area contributed by atoms with Crippen LogP contribution in [0, 0.1) is 6.92 Å². The van der Waals surface area contributed by atoms with E-state index in [0.717, 1.165) is 48.3 Å². The Hall–Kier alpha value is -1.11. The summed E-state index contributed by atoms with van der Waals surface area (Å²) in [5.41, 5.74) is 2.75. The van der Waals surface area contributed by atoms with Gasteiger partial charge in [-0.05, 0) is 64.3 Å². The molecule has 0 amide bonds. The lowest BCUT2D eigenvalue weighted by atomic mass is 9.88. The number of hydrogen-bond donors (Lipinski definition) is 0. The third kappa shape index (κ3) is 5.46. The first-order chi connectivity index (χ1) is 12.9. The molecule has 152 valence electrons. The second kappa shape index (κ2) is 10.4. The Bertz CT molecular complexity index is 630.